The molecule has 5 nitrogen and oxygen atoms in total. The Hall–Kier alpha value is -2.30. The fourth-order valence-electron chi connectivity index (χ4n) is 1.04. The third-order valence-electron chi connectivity index (χ3n) is 2.27. The summed E-state index contributed by atoms with van der Waals surface area (Å²) in [5, 5.41) is 19.0. The highest BCUT2D eigenvalue weighted by atomic mass is 19.4. The van der Waals surface area contributed by atoms with Crippen molar-refractivity contribution in [2.45, 2.75) is 18.6 Å². The molecule has 0 aliphatic carbocycles. The molecule has 0 amide bonds. The van der Waals surface area contributed by atoms with Gasteiger partial charge in [0.1, 0.15) is 11.9 Å². The van der Waals surface area contributed by atoms with Crippen LogP contribution in [0.2, 0.25) is 0 Å². The van der Waals surface area contributed by atoms with Gasteiger partial charge in [-0.1, -0.05) is 0 Å². The number of nitrogens with zero attached hydrogens (tertiary/aromatic N) is 2. The Morgan fingerprint density at radius 1 is 1.50 bits per heavy atom. The van der Waals surface area contributed by atoms with Crippen LogP contribution in [0.5, 0.6) is 0 Å². The summed E-state index contributed by atoms with van der Waals surface area (Å²) in [7, 11) is 0. The summed E-state index contributed by atoms with van der Waals surface area (Å²) >= 11 is 0. The monoisotopic (exact) mass is 259 g/mol. The number of hydrogen-bond acceptors (Lipinski definition) is 4. The SMILES string of the molecule is CC(Nc1ccc(C#N)cn1)(C(=O)O)C(F)(F)F. The van der Waals surface area contributed by atoms with Crippen LogP contribution in [-0.4, -0.2) is 27.8 Å². The van der Waals surface area contributed by atoms with Crippen LogP contribution in [0, 0.1) is 11.3 Å². The molecule has 0 fully saturated rings. The predicted octanol–water partition coefficient (Wildman–Crippen LogP) is 1.77. The summed E-state index contributed by atoms with van der Waals surface area (Å²) in [5.41, 5.74) is -2.99. The summed E-state index contributed by atoms with van der Waals surface area (Å²) < 4.78 is 38.0. The first-order chi connectivity index (χ1) is 8.20. The number of pyridine rings is 1. The van der Waals surface area contributed by atoms with Gasteiger partial charge < -0.3 is 10.4 Å². The molecule has 2 N–H and O–H groups in total. The minimum atomic E-state index is -4.99. The van der Waals surface area contributed by atoms with E-state index in [1.807, 2.05) is 0 Å². The molecule has 1 aromatic heterocycles. The number of carboxylic acids is 1. The summed E-state index contributed by atoms with van der Waals surface area (Å²) in [4.78, 5) is 14.3. The molecular formula is C10H8F3N3O2. The molecule has 1 aromatic rings. The van der Waals surface area contributed by atoms with E-state index in [1.165, 1.54) is 6.07 Å². The lowest BCUT2D eigenvalue weighted by Crippen LogP contribution is -2.55. The average Bonchev–Trinajstić information content (AvgIpc) is 2.28. The smallest absolute Gasteiger partial charge is 0.422 e. The highest BCUT2D eigenvalue weighted by Crippen LogP contribution is 2.33. The van der Waals surface area contributed by atoms with E-state index in [1.54, 1.807) is 11.4 Å². The molecule has 0 saturated carbocycles. The van der Waals surface area contributed by atoms with Crippen LogP contribution >= 0.6 is 0 Å². The molecule has 1 rings (SSSR count). The van der Waals surface area contributed by atoms with Gasteiger partial charge in [-0.25, -0.2) is 9.78 Å². The highest BCUT2D eigenvalue weighted by molar-refractivity contribution is 5.83. The number of anilines is 1. The third kappa shape index (κ3) is 2.51. The molecule has 8 heteroatoms. The number of carbonyl (C=O) groups is 1. The fourth-order valence-corrected chi connectivity index (χ4v) is 1.04. The van der Waals surface area contributed by atoms with Gasteiger partial charge in [0.2, 0.25) is 5.54 Å². The van der Waals surface area contributed by atoms with Gasteiger partial charge in [0.25, 0.3) is 0 Å². The van der Waals surface area contributed by atoms with E-state index in [2.05, 4.69) is 4.98 Å². The molecule has 1 atom stereocenters. The summed E-state index contributed by atoms with van der Waals surface area (Å²) in [6.07, 6.45) is -3.95. The van der Waals surface area contributed by atoms with Gasteiger partial charge in [0.15, 0.2) is 0 Å². The van der Waals surface area contributed by atoms with Crippen molar-refractivity contribution in [3.63, 3.8) is 0 Å². The lowest BCUT2D eigenvalue weighted by Gasteiger charge is -2.28. The van der Waals surface area contributed by atoms with E-state index in [9.17, 15) is 18.0 Å². The van der Waals surface area contributed by atoms with E-state index in [0.29, 0.717) is 6.92 Å². The predicted molar refractivity (Wildman–Crippen MR) is 54.7 cm³/mol. The number of hydrogen-bond donors (Lipinski definition) is 2. The van der Waals surface area contributed by atoms with Gasteiger partial charge in [-0.3, -0.25) is 0 Å². The molecule has 96 valence electrons. The molecule has 1 heterocycles. The van der Waals surface area contributed by atoms with Crippen LogP contribution in [0.1, 0.15) is 12.5 Å². The van der Waals surface area contributed by atoms with E-state index in [4.69, 9.17) is 10.4 Å². The zero-order valence-electron chi connectivity index (χ0n) is 9.12. The van der Waals surface area contributed by atoms with Gasteiger partial charge in [-0.05, 0) is 19.1 Å². The summed E-state index contributed by atoms with van der Waals surface area (Å²) in [6, 6.07) is 4.07. The average molecular weight is 259 g/mol. The van der Waals surface area contributed by atoms with Crippen LogP contribution in [0.4, 0.5) is 19.0 Å². The number of aliphatic carboxylic acids is 1. The number of rotatable bonds is 3. The Morgan fingerprint density at radius 2 is 2.11 bits per heavy atom. The second-order valence-corrected chi connectivity index (χ2v) is 3.60. The van der Waals surface area contributed by atoms with Crippen LogP contribution < -0.4 is 5.32 Å². The Bertz CT molecular complexity index is 493. The van der Waals surface area contributed by atoms with Crippen molar-refractivity contribution in [2.24, 2.45) is 0 Å². The molecular weight excluding hydrogens is 251 g/mol. The molecule has 18 heavy (non-hydrogen) atoms. The van der Waals surface area contributed by atoms with Crippen LogP contribution in [0.15, 0.2) is 18.3 Å². The van der Waals surface area contributed by atoms with E-state index in [-0.39, 0.29) is 11.4 Å². The Kier molecular flexibility index (Phi) is 3.46. The number of aromatic nitrogens is 1. The summed E-state index contributed by atoms with van der Waals surface area (Å²) in [6.45, 7) is 0.495. The zero-order chi connectivity index (χ0) is 14.0. The zero-order valence-corrected chi connectivity index (χ0v) is 9.12. The first kappa shape index (κ1) is 13.8. The van der Waals surface area contributed by atoms with Crippen molar-refractivity contribution in [1.82, 2.24) is 4.98 Å². The van der Waals surface area contributed by atoms with Gasteiger partial charge in [0, 0.05) is 6.20 Å². The Labute approximate surface area is 99.9 Å². The Morgan fingerprint density at radius 3 is 2.44 bits per heavy atom. The summed E-state index contributed by atoms with van der Waals surface area (Å²) in [5.74, 6) is -2.35. The van der Waals surface area contributed by atoms with Gasteiger partial charge in [-0.15, -0.1) is 0 Å². The normalized spacial score (nSPS) is 14.4. The van der Waals surface area contributed by atoms with Crippen LogP contribution in [0.25, 0.3) is 0 Å². The van der Waals surface area contributed by atoms with Crippen molar-refractivity contribution in [3.8, 4) is 6.07 Å². The van der Waals surface area contributed by atoms with Gasteiger partial charge >= 0.3 is 12.1 Å². The van der Waals surface area contributed by atoms with Crippen molar-refractivity contribution in [2.75, 3.05) is 5.32 Å². The van der Waals surface area contributed by atoms with Crippen molar-refractivity contribution in [1.29, 1.82) is 5.26 Å². The molecule has 0 saturated heterocycles. The molecule has 0 aliphatic heterocycles. The maximum absolute atomic E-state index is 12.7. The van der Waals surface area contributed by atoms with Crippen LogP contribution in [0.3, 0.4) is 0 Å². The van der Waals surface area contributed by atoms with Crippen LogP contribution in [-0.2, 0) is 4.79 Å². The van der Waals surface area contributed by atoms with E-state index >= 15 is 0 Å². The second kappa shape index (κ2) is 4.52. The fraction of sp³-hybridized carbons (Fsp3) is 0.300. The van der Waals surface area contributed by atoms with Gasteiger partial charge in [-0.2, -0.15) is 18.4 Å². The highest BCUT2D eigenvalue weighted by Gasteiger charge is 2.57. The minimum Gasteiger partial charge on any atom is -0.479 e. The maximum Gasteiger partial charge on any atom is 0.422 e. The number of carboxylic acid groups (broad SMARTS) is 1. The largest absolute Gasteiger partial charge is 0.479 e. The van der Waals surface area contributed by atoms with Crippen molar-refractivity contribution < 1.29 is 23.1 Å². The second-order valence-electron chi connectivity index (χ2n) is 3.60. The molecule has 0 aromatic carbocycles. The maximum atomic E-state index is 12.7. The van der Waals surface area contributed by atoms with E-state index < -0.39 is 17.7 Å². The van der Waals surface area contributed by atoms with Gasteiger partial charge in [0.05, 0.1) is 5.56 Å². The number of alkyl halides is 3. The molecule has 0 bridgehead atoms. The quantitative estimate of drug-likeness (QED) is 0.863. The number of halogens is 3. The third-order valence-corrected chi connectivity index (χ3v) is 2.27. The molecule has 0 radical (unpaired) electrons. The number of nitrogens with one attached hydrogen (secondary N) is 1. The lowest BCUT2D eigenvalue weighted by molar-refractivity contribution is -0.192. The van der Waals surface area contributed by atoms with Crippen molar-refractivity contribution in [3.05, 3.63) is 23.9 Å². The molecule has 0 aliphatic rings. The van der Waals surface area contributed by atoms with Crippen molar-refractivity contribution >= 4 is 11.8 Å². The minimum absolute atomic E-state index is 0.157. The molecule has 1 unspecified atom stereocenters. The first-order valence-electron chi connectivity index (χ1n) is 4.65. The topological polar surface area (TPSA) is 86.0 Å². The lowest BCUT2D eigenvalue weighted by atomic mass is 10.0. The number of nitriles is 1. The van der Waals surface area contributed by atoms with E-state index in [0.717, 1.165) is 12.3 Å². The Balaban J connectivity index is 3.05. The standard InChI is InChI=1S/C10H8F3N3O2/c1-9(8(17)18,10(11,12)13)16-7-3-2-6(4-14)5-15-7/h2-3,5H,1H3,(H,15,16)(H,17,18). The first-order valence-corrected chi connectivity index (χ1v) is 4.65. The molecule has 0 spiro atoms.